The van der Waals surface area contributed by atoms with Gasteiger partial charge >= 0.3 is 29.6 Å². The molecule has 0 saturated carbocycles. The number of nitro benzene ring substituents is 1. The summed E-state index contributed by atoms with van der Waals surface area (Å²) in [5.41, 5.74) is 2.92. The van der Waals surface area contributed by atoms with Crippen molar-refractivity contribution in [1.82, 2.24) is 0 Å². The summed E-state index contributed by atoms with van der Waals surface area (Å²) in [5.74, 6) is -0.446. The summed E-state index contributed by atoms with van der Waals surface area (Å²) in [7, 11) is -4.79. The van der Waals surface area contributed by atoms with Gasteiger partial charge in [-0.1, -0.05) is 0 Å². The van der Waals surface area contributed by atoms with E-state index in [4.69, 9.17) is 0 Å². The molecule has 0 heterocycles. The smallest absolute Gasteiger partial charge is 0.744 e. The molecule has 0 saturated heterocycles. The molecule has 3 aromatic carbocycles. The van der Waals surface area contributed by atoms with Crippen LogP contribution in [0, 0.1) is 10.1 Å². The molecule has 0 bridgehead atoms. The van der Waals surface area contributed by atoms with Gasteiger partial charge in [0.05, 0.1) is 21.2 Å². The fraction of sp³-hybridized carbons (Fsp3) is 0. The monoisotopic (exact) mass is 481 g/mol. The second kappa shape index (κ2) is 10.5. The van der Waals surface area contributed by atoms with Crippen LogP contribution in [-0.2, 0) is 10.1 Å². The molecule has 33 heavy (non-hydrogen) atoms. The second-order valence-electron chi connectivity index (χ2n) is 6.14. The minimum atomic E-state index is -4.79. The third-order valence-corrected chi connectivity index (χ3v) is 4.83. The summed E-state index contributed by atoms with van der Waals surface area (Å²) in [6, 6.07) is 9.82. The van der Waals surface area contributed by atoms with Crippen molar-refractivity contribution in [3.05, 3.63) is 95.9 Å². The molecule has 0 aliphatic rings. The Morgan fingerprint density at radius 3 is 2.21 bits per heavy atom. The van der Waals surface area contributed by atoms with Crippen LogP contribution in [0.4, 0.5) is 17.1 Å². The first kappa shape index (κ1) is 25.8. The fourth-order valence-electron chi connectivity index (χ4n) is 2.40. The van der Waals surface area contributed by atoms with Crippen molar-refractivity contribution in [3.8, 4) is 5.75 Å². The van der Waals surface area contributed by atoms with Crippen LogP contribution in [0.2, 0.25) is 0 Å². The van der Waals surface area contributed by atoms with Gasteiger partial charge in [-0.3, -0.25) is 30.6 Å². The summed E-state index contributed by atoms with van der Waals surface area (Å²) >= 11 is 0. The first-order valence-electron chi connectivity index (χ1n) is 8.54. The van der Waals surface area contributed by atoms with E-state index in [1.165, 1.54) is 24.3 Å². The van der Waals surface area contributed by atoms with Crippen molar-refractivity contribution >= 4 is 27.2 Å². The molecule has 0 unspecified atom stereocenters. The molecule has 0 fully saturated rings. The molecule has 0 aliphatic heterocycles. The molecule has 0 radical (unpaired) electrons. The van der Waals surface area contributed by atoms with Gasteiger partial charge in [0.15, 0.2) is 5.36 Å². The van der Waals surface area contributed by atoms with Crippen molar-refractivity contribution < 1.29 is 52.6 Å². The van der Waals surface area contributed by atoms with Gasteiger partial charge in [0, 0.05) is 12.1 Å². The van der Waals surface area contributed by atoms with Crippen LogP contribution in [0.5, 0.6) is 5.75 Å². The summed E-state index contributed by atoms with van der Waals surface area (Å²) < 4.78 is 33.3. The molecular weight excluding hydrogens is 469 g/mol. The zero-order valence-electron chi connectivity index (χ0n) is 16.8. The van der Waals surface area contributed by atoms with Gasteiger partial charge in [-0.05, 0) is 42.5 Å². The first-order chi connectivity index (χ1) is 15.1. The number of rotatable bonds is 6. The molecule has 0 aliphatic carbocycles. The van der Waals surface area contributed by atoms with Crippen molar-refractivity contribution in [2.45, 2.75) is 4.90 Å². The van der Waals surface area contributed by atoms with Gasteiger partial charge < -0.3 is 9.66 Å². The van der Waals surface area contributed by atoms with Gasteiger partial charge in [0.25, 0.3) is 5.69 Å². The quantitative estimate of drug-likeness (QED) is 0.105. The van der Waals surface area contributed by atoms with Crippen LogP contribution in [0.15, 0.2) is 79.3 Å². The predicted molar refractivity (Wildman–Crippen MR) is 109 cm³/mol. The molecule has 0 spiro atoms. The summed E-state index contributed by atoms with van der Waals surface area (Å²) in [6.45, 7) is 0. The summed E-state index contributed by atoms with van der Waals surface area (Å²) in [4.78, 5) is 34.0. The van der Waals surface area contributed by atoms with E-state index in [2.05, 4.69) is 21.1 Å². The zero-order valence-corrected chi connectivity index (χ0v) is 19.6. The average molecular weight is 481 g/mol. The minimum Gasteiger partial charge on any atom is -0.744 e. The largest absolute Gasteiger partial charge is 1.00 e. The Morgan fingerprint density at radius 2 is 1.61 bits per heavy atom. The normalized spacial score (nSPS) is 12.2. The number of non-ortho nitro benzene ring substituents is 1. The molecule has 164 valence electrons. The number of aromatic hydroxyl groups is 1. The van der Waals surface area contributed by atoms with E-state index in [9.17, 15) is 37.8 Å². The zero-order chi connectivity index (χ0) is 23.5. The van der Waals surface area contributed by atoms with E-state index < -0.39 is 41.9 Å². The van der Waals surface area contributed by atoms with Crippen LogP contribution in [0.3, 0.4) is 0 Å². The Kier molecular flexibility index (Phi) is 8.18. The number of phenolic OH excluding ortho intramolecular Hbond substituents is 1. The number of anilines is 2. The van der Waals surface area contributed by atoms with Crippen LogP contribution in [-0.4, -0.2) is 23.0 Å². The van der Waals surface area contributed by atoms with E-state index in [1.54, 1.807) is 0 Å². The Labute approximate surface area is 206 Å². The molecule has 15 heteroatoms. The number of hydrogen-bond donors (Lipinski definition) is 3. The molecule has 0 amide bonds. The minimum absolute atomic E-state index is 0. The number of nitrogens with one attached hydrogen (secondary N) is 2. The van der Waals surface area contributed by atoms with Crippen molar-refractivity contribution in [2.24, 2.45) is 10.2 Å². The van der Waals surface area contributed by atoms with Gasteiger partial charge in [0.2, 0.25) is 10.9 Å². The van der Waals surface area contributed by atoms with Gasteiger partial charge in [-0.15, -0.1) is 0 Å². The topological polar surface area (TPSA) is 203 Å². The molecule has 0 atom stereocenters. The maximum absolute atomic E-state index is 12.5. The first-order valence-corrected chi connectivity index (χ1v) is 9.95. The number of benzene rings is 3. The Bertz CT molecular complexity index is 1530. The van der Waals surface area contributed by atoms with E-state index in [-0.39, 0.29) is 52.0 Å². The third-order valence-electron chi connectivity index (χ3n) is 4.00. The number of nitrogens with zero attached hydrogens (tertiary/aromatic N) is 3. The number of hydrogen-bond acceptors (Lipinski definition) is 12. The summed E-state index contributed by atoms with van der Waals surface area (Å²) in [6.07, 6.45) is 0. The number of phenols is 1. The Hall–Kier alpha value is -3.43. The average Bonchev–Trinajstić information content (AvgIpc) is 2.73. The van der Waals surface area contributed by atoms with E-state index >= 15 is 0 Å². The van der Waals surface area contributed by atoms with E-state index in [0.29, 0.717) is 0 Å². The third kappa shape index (κ3) is 6.30. The molecular formula is C18H12N5NaO8S. The SMILES string of the molecule is O=c1ccc(=NNc2cc(S(=O)(=O)[O-])ccc2O)c(=O)c1=NNc1ccc([N+](=O)[O-])cc1.[Na+]. The molecule has 0 aromatic heterocycles. The van der Waals surface area contributed by atoms with Crippen LogP contribution in [0.1, 0.15) is 0 Å². The van der Waals surface area contributed by atoms with Crippen LogP contribution >= 0.6 is 0 Å². The Morgan fingerprint density at radius 1 is 0.939 bits per heavy atom. The van der Waals surface area contributed by atoms with E-state index in [0.717, 1.165) is 30.3 Å². The molecule has 3 aromatic rings. The van der Waals surface area contributed by atoms with Crippen molar-refractivity contribution in [2.75, 3.05) is 10.9 Å². The molecule has 13 nitrogen and oxygen atoms in total. The molecule has 3 N–H and O–H groups in total. The second-order valence-corrected chi connectivity index (χ2v) is 7.52. The van der Waals surface area contributed by atoms with Gasteiger partial charge in [0.1, 0.15) is 21.2 Å². The molecule has 3 rings (SSSR count). The standard InChI is InChI=1S/C18H13N5O8S.Na/c24-15-7-5-12(32(29,30)31)9-14(15)21-20-13-6-8-16(25)17(18(13)26)22-19-10-1-3-11(4-2-10)23(27)28;/h1-9,19,21,24H,(H,29,30,31);/q;+1/p-1. The maximum atomic E-state index is 12.5. The van der Waals surface area contributed by atoms with Crippen molar-refractivity contribution in [1.29, 1.82) is 0 Å². The van der Waals surface area contributed by atoms with Crippen LogP contribution < -0.4 is 62.0 Å². The maximum Gasteiger partial charge on any atom is 1.00 e. The van der Waals surface area contributed by atoms with E-state index in [1.807, 2.05) is 0 Å². The fourth-order valence-corrected chi connectivity index (χ4v) is 2.89. The Balaban J connectivity index is 0.00000385. The van der Waals surface area contributed by atoms with Crippen LogP contribution in [0.25, 0.3) is 0 Å². The summed E-state index contributed by atoms with van der Waals surface area (Å²) in [5, 5.41) is 27.1. The number of nitro groups is 1. The van der Waals surface area contributed by atoms with Crippen molar-refractivity contribution in [3.63, 3.8) is 0 Å². The predicted octanol–water partition coefficient (Wildman–Crippen LogP) is -3.34. The van der Waals surface area contributed by atoms with Gasteiger partial charge in [-0.2, -0.15) is 10.2 Å². The van der Waals surface area contributed by atoms with Gasteiger partial charge in [-0.25, -0.2) is 8.42 Å².